The number of hydrogen-bond acceptors (Lipinski definition) is 3. The van der Waals surface area contributed by atoms with Crippen LogP contribution in [0.1, 0.15) is 25.7 Å². The Balaban J connectivity index is 2.66. The van der Waals surface area contributed by atoms with Crippen LogP contribution in [-0.4, -0.2) is 24.8 Å². The van der Waals surface area contributed by atoms with E-state index in [1.54, 1.807) is 0 Å². The maximum absolute atomic E-state index is 11.2. The molecule has 3 nitrogen and oxygen atoms in total. The van der Waals surface area contributed by atoms with E-state index in [4.69, 9.17) is 5.11 Å². The Labute approximate surface area is 66.4 Å². The van der Waals surface area contributed by atoms with Crippen molar-refractivity contribution in [1.29, 1.82) is 0 Å². The zero-order valence-corrected chi connectivity index (χ0v) is 6.80. The molecule has 0 heterocycles. The summed E-state index contributed by atoms with van der Waals surface area (Å²) >= 11 is 0. The first kappa shape index (κ1) is 8.53. The minimum atomic E-state index is -0.561. The zero-order chi connectivity index (χ0) is 8.32. The van der Waals surface area contributed by atoms with Crippen LogP contribution in [0.5, 0.6) is 0 Å². The van der Waals surface area contributed by atoms with Gasteiger partial charge in [0.05, 0.1) is 19.1 Å². The van der Waals surface area contributed by atoms with Crippen molar-refractivity contribution >= 4 is 5.97 Å². The summed E-state index contributed by atoms with van der Waals surface area (Å²) in [5, 5.41) is 9.02. The maximum Gasteiger partial charge on any atom is 0.314 e. The average molecular weight is 158 g/mol. The number of esters is 1. The van der Waals surface area contributed by atoms with Crippen LogP contribution in [0.15, 0.2) is 0 Å². The molecule has 1 aliphatic carbocycles. The topological polar surface area (TPSA) is 46.5 Å². The lowest BCUT2D eigenvalue weighted by atomic mass is 9.87. The molecule has 0 saturated heterocycles. The van der Waals surface area contributed by atoms with E-state index < -0.39 is 5.41 Å². The normalized spacial score (nSPS) is 21.6. The number of aliphatic hydroxyl groups is 1. The van der Waals surface area contributed by atoms with Crippen LogP contribution in [0.2, 0.25) is 0 Å². The van der Waals surface area contributed by atoms with Gasteiger partial charge in [0.1, 0.15) is 0 Å². The molecule has 1 fully saturated rings. The van der Waals surface area contributed by atoms with Gasteiger partial charge in [-0.15, -0.1) is 0 Å². The SMILES string of the molecule is COC(=O)C1(CO)CCCC1. The number of carbonyl (C=O) groups is 1. The van der Waals surface area contributed by atoms with Crippen molar-refractivity contribution in [2.24, 2.45) is 5.41 Å². The van der Waals surface area contributed by atoms with Crippen LogP contribution < -0.4 is 0 Å². The molecule has 1 aliphatic rings. The summed E-state index contributed by atoms with van der Waals surface area (Å²) in [6, 6.07) is 0. The third kappa shape index (κ3) is 1.38. The Morgan fingerprint density at radius 2 is 2.09 bits per heavy atom. The van der Waals surface area contributed by atoms with Crippen LogP contribution in [-0.2, 0) is 9.53 Å². The molecule has 1 N–H and O–H groups in total. The molecular weight excluding hydrogens is 144 g/mol. The number of rotatable bonds is 2. The minimum Gasteiger partial charge on any atom is -0.469 e. The summed E-state index contributed by atoms with van der Waals surface area (Å²) in [6.45, 7) is -0.0698. The Morgan fingerprint density at radius 1 is 1.55 bits per heavy atom. The summed E-state index contributed by atoms with van der Waals surface area (Å²) in [6.07, 6.45) is 3.59. The van der Waals surface area contributed by atoms with Gasteiger partial charge in [-0.1, -0.05) is 12.8 Å². The molecule has 0 aromatic rings. The van der Waals surface area contributed by atoms with Gasteiger partial charge in [-0.3, -0.25) is 4.79 Å². The lowest BCUT2D eigenvalue weighted by Crippen LogP contribution is -2.32. The van der Waals surface area contributed by atoms with Gasteiger partial charge in [-0.25, -0.2) is 0 Å². The Hall–Kier alpha value is -0.570. The van der Waals surface area contributed by atoms with Crippen LogP contribution in [0.25, 0.3) is 0 Å². The van der Waals surface area contributed by atoms with E-state index in [1.807, 2.05) is 0 Å². The fourth-order valence-electron chi connectivity index (χ4n) is 1.70. The Morgan fingerprint density at radius 3 is 2.45 bits per heavy atom. The highest BCUT2D eigenvalue weighted by atomic mass is 16.5. The van der Waals surface area contributed by atoms with E-state index in [0.717, 1.165) is 25.7 Å². The predicted octanol–water partition coefficient (Wildman–Crippen LogP) is 0.712. The van der Waals surface area contributed by atoms with Crippen LogP contribution in [0.3, 0.4) is 0 Å². The van der Waals surface area contributed by atoms with Crippen molar-refractivity contribution < 1.29 is 14.6 Å². The van der Waals surface area contributed by atoms with Crippen LogP contribution in [0, 0.1) is 5.41 Å². The van der Waals surface area contributed by atoms with E-state index in [-0.39, 0.29) is 12.6 Å². The molecule has 0 unspecified atom stereocenters. The first-order valence-corrected chi connectivity index (χ1v) is 3.94. The van der Waals surface area contributed by atoms with Gasteiger partial charge >= 0.3 is 5.97 Å². The highest BCUT2D eigenvalue weighted by Crippen LogP contribution is 2.38. The molecule has 3 heteroatoms. The van der Waals surface area contributed by atoms with Crippen molar-refractivity contribution in [2.75, 3.05) is 13.7 Å². The van der Waals surface area contributed by atoms with Crippen molar-refractivity contribution in [3.8, 4) is 0 Å². The first-order valence-electron chi connectivity index (χ1n) is 3.94. The minimum absolute atomic E-state index is 0.0698. The molecular formula is C8H14O3. The molecule has 0 amide bonds. The Bertz CT molecular complexity index is 147. The molecule has 0 aliphatic heterocycles. The molecule has 0 aromatic heterocycles. The molecule has 0 bridgehead atoms. The lowest BCUT2D eigenvalue weighted by molar-refractivity contribution is -0.154. The monoisotopic (exact) mass is 158 g/mol. The van der Waals surface area contributed by atoms with Gasteiger partial charge in [0, 0.05) is 0 Å². The second-order valence-corrected chi connectivity index (χ2v) is 3.14. The molecule has 64 valence electrons. The van der Waals surface area contributed by atoms with Crippen LogP contribution in [0.4, 0.5) is 0 Å². The molecule has 11 heavy (non-hydrogen) atoms. The smallest absolute Gasteiger partial charge is 0.314 e. The van der Waals surface area contributed by atoms with Gasteiger partial charge in [-0.05, 0) is 12.8 Å². The van der Waals surface area contributed by atoms with E-state index in [2.05, 4.69) is 4.74 Å². The predicted molar refractivity (Wildman–Crippen MR) is 40.0 cm³/mol. The van der Waals surface area contributed by atoms with Crippen LogP contribution >= 0.6 is 0 Å². The van der Waals surface area contributed by atoms with Gasteiger partial charge in [0.25, 0.3) is 0 Å². The highest BCUT2D eigenvalue weighted by Gasteiger charge is 2.41. The van der Waals surface area contributed by atoms with Crippen molar-refractivity contribution in [3.63, 3.8) is 0 Å². The number of aliphatic hydroxyl groups excluding tert-OH is 1. The Kier molecular flexibility index (Phi) is 2.49. The average Bonchev–Trinajstić information content (AvgIpc) is 2.52. The zero-order valence-electron chi connectivity index (χ0n) is 6.80. The van der Waals surface area contributed by atoms with Crippen molar-refractivity contribution in [2.45, 2.75) is 25.7 Å². The largest absolute Gasteiger partial charge is 0.469 e. The molecule has 0 atom stereocenters. The van der Waals surface area contributed by atoms with Gasteiger partial charge in [-0.2, -0.15) is 0 Å². The molecule has 1 rings (SSSR count). The number of hydrogen-bond donors (Lipinski definition) is 1. The van der Waals surface area contributed by atoms with Crippen molar-refractivity contribution in [1.82, 2.24) is 0 Å². The summed E-state index contributed by atoms with van der Waals surface area (Å²) in [5.74, 6) is -0.252. The maximum atomic E-state index is 11.2. The summed E-state index contributed by atoms with van der Waals surface area (Å²) in [7, 11) is 1.37. The van der Waals surface area contributed by atoms with E-state index in [9.17, 15) is 4.79 Å². The number of ether oxygens (including phenoxy) is 1. The molecule has 0 radical (unpaired) electrons. The van der Waals surface area contributed by atoms with Crippen molar-refractivity contribution in [3.05, 3.63) is 0 Å². The molecule has 0 spiro atoms. The molecule has 0 aromatic carbocycles. The second-order valence-electron chi connectivity index (χ2n) is 3.14. The van der Waals surface area contributed by atoms with Gasteiger partial charge in [0.15, 0.2) is 0 Å². The summed E-state index contributed by atoms with van der Waals surface area (Å²) in [4.78, 5) is 11.2. The summed E-state index contributed by atoms with van der Waals surface area (Å²) < 4.78 is 4.63. The number of methoxy groups -OCH3 is 1. The third-order valence-electron chi connectivity index (χ3n) is 2.48. The standard InChI is InChI=1S/C8H14O3/c1-11-7(10)8(6-9)4-2-3-5-8/h9H,2-6H2,1H3. The fraction of sp³-hybridized carbons (Fsp3) is 0.875. The number of carbonyl (C=O) groups excluding carboxylic acids is 1. The van der Waals surface area contributed by atoms with E-state index in [1.165, 1.54) is 7.11 Å². The third-order valence-corrected chi connectivity index (χ3v) is 2.48. The van der Waals surface area contributed by atoms with E-state index >= 15 is 0 Å². The quantitative estimate of drug-likeness (QED) is 0.602. The summed E-state index contributed by atoms with van der Waals surface area (Å²) in [5.41, 5.74) is -0.561. The first-order chi connectivity index (χ1) is 5.25. The second kappa shape index (κ2) is 3.22. The highest BCUT2D eigenvalue weighted by molar-refractivity contribution is 5.77. The van der Waals surface area contributed by atoms with Gasteiger partial charge < -0.3 is 9.84 Å². The fourth-order valence-corrected chi connectivity index (χ4v) is 1.70. The molecule has 1 saturated carbocycles. The lowest BCUT2D eigenvalue weighted by Gasteiger charge is -2.22. The van der Waals surface area contributed by atoms with E-state index in [0.29, 0.717) is 0 Å². The van der Waals surface area contributed by atoms with Gasteiger partial charge in [0.2, 0.25) is 0 Å².